The largest absolute Gasteiger partial charge is 0.316 e. The summed E-state index contributed by atoms with van der Waals surface area (Å²) in [5.41, 5.74) is 0. The van der Waals surface area contributed by atoms with Crippen molar-refractivity contribution in [1.29, 1.82) is 0 Å². The SMILES string of the molecule is CCCCC1CCC(CNCCCNCC(C)C)CC1. The van der Waals surface area contributed by atoms with Gasteiger partial charge in [-0.1, -0.05) is 52.9 Å². The lowest BCUT2D eigenvalue weighted by Crippen LogP contribution is -2.29. The summed E-state index contributed by atoms with van der Waals surface area (Å²) in [7, 11) is 0. The van der Waals surface area contributed by atoms with Crippen molar-refractivity contribution in [3.8, 4) is 0 Å². The van der Waals surface area contributed by atoms with Crippen molar-refractivity contribution in [3.63, 3.8) is 0 Å². The average Bonchev–Trinajstić information content (AvgIpc) is 2.45. The third-order valence-corrected chi connectivity index (χ3v) is 4.62. The zero-order valence-electron chi connectivity index (χ0n) is 14.2. The molecule has 1 fully saturated rings. The zero-order chi connectivity index (χ0) is 14.6. The van der Waals surface area contributed by atoms with E-state index in [1.54, 1.807) is 0 Å². The van der Waals surface area contributed by atoms with Gasteiger partial charge < -0.3 is 10.6 Å². The molecule has 0 heterocycles. The number of hydrogen-bond acceptors (Lipinski definition) is 2. The molecule has 0 radical (unpaired) electrons. The molecule has 0 unspecified atom stereocenters. The first kappa shape index (κ1) is 18.0. The zero-order valence-corrected chi connectivity index (χ0v) is 14.2. The van der Waals surface area contributed by atoms with Crippen LogP contribution in [0.3, 0.4) is 0 Å². The molecule has 0 aromatic rings. The molecule has 1 aliphatic rings. The average molecular weight is 283 g/mol. The summed E-state index contributed by atoms with van der Waals surface area (Å²) >= 11 is 0. The van der Waals surface area contributed by atoms with Crippen molar-refractivity contribution < 1.29 is 0 Å². The lowest BCUT2D eigenvalue weighted by Gasteiger charge is -2.28. The van der Waals surface area contributed by atoms with E-state index in [9.17, 15) is 0 Å². The first-order valence-electron chi connectivity index (χ1n) is 9.13. The van der Waals surface area contributed by atoms with Gasteiger partial charge in [-0.05, 0) is 63.2 Å². The van der Waals surface area contributed by atoms with Gasteiger partial charge in [-0.25, -0.2) is 0 Å². The summed E-state index contributed by atoms with van der Waals surface area (Å²) < 4.78 is 0. The van der Waals surface area contributed by atoms with E-state index < -0.39 is 0 Å². The normalized spacial score (nSPS) is 23.4. The Morgan fingerprint density at radius 2 is 1.55 bits per heavy atom. The number of rotatable bonds is 11. The first-order chi connectivity index (χ1) is 9.72. The van der Waals surface area contributed by atoms with Gasteiger partial charge in [-0.15, -0.1) is 0 Å². The van der Waals surface area contributed by atoms with Crippen LogP contribution in [0.5, 0.6) is 0 Å². The number of hydrogen-bond donors (Lipinski definition) is 2. The van der Waals surface area contributed by atoms with E-state index in [4.69, 9.17) is 0 Å². The quantitative estimate of drug-likeness (QED) is 0.555. The summed E-state index contributed by atoms with van der Waals surface area (Å²) in [6.07, 6.45) is 11.5. The molecule has 20 heavy (non-hydrogen) atoms. The molecule has 2 heteroatoms. The molecule has 1 rings (SSSR count). The Kier molecular flexibility index (Phi) is 10.4. The van der Waals surface area contributed by atoms with Crippen LogP contribution in [0, 0.1) is 17.8 Å². The fourth-order valence-corrected chi connectivity index (χ4v) is 3.25. The van der Waals surface area contributed by atoms with Gasteiger partial charge in [-0.2, -0.15) is 0 Å². The molecule has 1 saturated carbocycles. The predicted molar refractivity (Wildman–Crippen MR) is 90.2 cm³/mol. The second-order valence-corrected chi connectivity index (χ2v) is 7.18. The molecule has 2 nitrogen and oxygen atoms in total. The molecule has 0 aliphatic heterocycles. The van der Waals surface area contributed by atoms with Gasteiger partial charge in [-0.3, -0.25) is 0 Å². The second-order valence-electron chi connectivity index (χ2n) is 7.18. The van der Waals surface area contributed by atoms with E-state index in [1.807, 2.05) is 0 Å². The van der Waals surface area contributed by atoms with Gasteiger partial charge in [0.2, 0.25) is 0 Å². The van der Waals surface area contributed by atoms with E-state index in [2.05, 4.69) is 31.4 Å². The van der Waals surface area contributed by atoms with Crippen molar-refractivity contribution in [2.75, 3.05) is 26.2 Å². The smallest absolute Gasteiger partial charge is 0.00205 e. The lowest BCUT2D eigenvalue weighted by atomic mass is 9.80. The van der Waals surface area contributed by atoms with E-state index in [0.29, 0.717) is 0 Å². The highest BCUT2D eigenvalue weighted by Gasteiger charge is 2.20. The molecule has 0 bridgehead atoms. The molecule has 2 N–H and O–H groups in total. The topological polar surface area (TPSA) is 24.1 Å². The lowest BCUT2D eigenvalue weighted by molar-refractivity contribution is 0.254. The molecular formula is C18H38N2. The molecule has 0 amide bonds. The van der Waals surface area contributed by atoms with Crippen LogP contribution in [0.15, 0.2) is 0 Å². The van der Waals surface area contributed by atoms with Gasteiger partial charge in [0, 0.05) is 0 Å². The Morgan fingerprint density at radius 3 is 2.20 bits per heavy atom. The minimum atomic E-state index is 0.769. The van der Waals surface area contributed by atoms with Crippen LogP contribution in [0.2, 0.25) is 0 Å². The molecular weight excluding hydrogens is 244 g/mol. The van der Waals surface area contributed by atoms with Crippen LogP contribution in [0.1, 0.15) is 72.1 Å². The highest BCUT2D eigenvalue weighted by molar-refractivity contribution is 4.74. The Bertz CT molecular complexity index is 207. The van der Waals surface area contributed by atoms with Crippen molar-refractivity contribution in [3.05, 3.63) is 0 Å². The van der Waals surface area contributed by atoms with Crippen LogP contribution in [0.4, 0.5) is 0 Å². The van der Waals surface area contributed by atoms with E-state index >= 15 is 0 Å². The Balaban J connectivity index is 1.89. The van der Waals surface area contributed by atoms with Crippen LogP contribution in [-0.2, 0) is 0 Å². The van der Waals surface area contributed by atoms with E-state index in [0.717, 1.165) is 30.8 Å². The van der Waals surface area contributed by atoms with E-state index in [-0.39, 0.29) is 0 Å². The fourth-order valence-electron chi connectivity index (χ4n) is 3.25. The number of nitrogens with one attached hydrogen (secondary N) is 2. The monoisotopic (exact) mass is 282 g/mol. The maximum absolute atomic E-state index is 3.66. The van der Waals surface area contributed by atoms with Gasteiger partial charge in [0.15, 0.2) is 0 Å². The Labute approximate surface area is 127 Å². The summed E-state index contributed by atoms with van der Waals surface area (Å²) in [5, 5.41) is 7.17. The molecule has 0 saturated heterocycles. The van der Waals surface area contributed by atoms with Gasteiger partial charge in [0.25, 0.3) is 0 Å². The van der Waals surface area contributed by atoms with Crippen LogP contribution < -0.4 is 10.6 Å². The van der Waals surface area contributed by atoms with Crippen molar-refractivity contribution in [1.82, 2.24) is 10.6 Å². The van der Waals surface area contributed by atoms with Crippen molar-refractivity contribution >= 4 is 0 Å². The molecule has 0 aromatic carbocycles. The van der Waals surface area contributed by atoms with Crippen molar-refractivity contribution in [2.24, 2.45) is 17.8 Å². The summed E-state index contributed by atoms with van der Waals surface area (Å²) in [6.45, 7) is 11.6. The third kappa shape index (κ3) is 8.97. The van der Waals surface area contributed by atoms with Crippen LogP contribution in [0.25, 0.3) is 0 Å². The molecule has 1 aliphatic carbocycles. The highest BCUT2D eigenvalue weighted by Crippen LogP contribution is 2.31. The summed E-state index contributed by atoms with van der Waals surface area (Å²) in [5.74, 6) is 2.77. The standard InChI is InChI=1S/C18H38N2/c1-4-5-7-17-8-10-18(11-9-17)15-20-13-6-12-19-14-16(2)3/h16-20H,4-15H2,1-3H3. The fraction of sp³-hybridized carbons (Fsp3) is 1.00. The Hall–Kier alpha value is -0.0800. The summed E-state index contributed by atoms with van der Waals surface area (Å²) in [6, 6.07) is 0. The summed E-state index contributed by atoms with van der Waals surface area (Å²) in [4.78, 5) is 0. The highest BCUT2D eigenvalue weighted by atomic mass is 14.9. The predicted octanol–water partition coefficient (Wildman–Crippen LogP) is 4.21. The van der Waals surface area contributed by atoms with Crippen molar-refractivity contribution in [2.45, 2.75) is 72.1 Å². The maximum Gasteiger partial charge on any atom is -0.00205 e. The number of unbranched alkanes of at least 4 members (excludes halogenated alkanes) is 1. The Morgan fingerprint density at radius 1 is 0.900 bits per heavy atom. The van der Waals surface area contributed by atoms with Crippen LogP contribution in [-0.4, -0.2) is 26.2 Å². The first-order valence-corrected chi connectivity index (χ1v) is 9.13. The molecule has 0 atom stereocenters. The van der Waals surface area contributed by atoms with E-state index in [1.165, 1.54) is 64.5 Å². The van der Waals surface area contributed by atoms with Gasteiger partial charge in [0.1, 0.15) is 0 Å². The van der Waals surface area contributed by atoms with Gasteiger partial charge >= 0.3 is 0 Å². The third-order valence-electron chi connectivity index (χ3n) is 4.62. The van der Waals surface area contributed by atoms with Gasteiger partial charge in [0.05, 0.1) is 0 Å². The molecule has 120 valence electrons. The minimum Gasteiger partial charge on any atom is -0.316 e. The maximum atomic E-state index is 3.66. The minimum absolute atomic E-state index is 0.769. The molecule has 0 aromatic heterocycles. The molecule has 0 spiro atoms. The second kappa shape index (κ2) is 11.6. The van der Waals surface area contributed by atoms with Crippen LogP contribution >= 0.6 is 0 Å².